The van der Waals surface area contributed by atoms with Crippen molar-refractivity contribution >= 4 is 29.9 Å². The molecule has 1 heterocycles. The third kappa shape index (κ3) is 7.22. The maximum absolute atomic E-state index is 12.3. The number of halogens is 1. The van der Waals surface area contributed by atoms with Crippen LogP contribution in [0.25, 0.3) is 0 Å². The fraction of sp³-hybridized carbons (Fsp3) is 0.579. The monoisotopic (exact) mass is 383 g/mol. The van der Waals surface area contributed by atoms with E-state index >= 15 is 0 Å². The van der Waals surface area contributed by atoms with Crippen LogP contribution < -0.4 is 15.4 Å². The molecule has 2 amide bonds. The summed E-state index contributed by atoms with van der Waals surface area (Å²) in [6.45, 7) is 4.20. The Hall–Kier alpha value is -1.79. The van der Waals surface area contributed by atoms with Gasteiger partial charge in [0.25, 0.3) is 5.91 Å². The van der Waals surface area contributed by atoms with Gasteiger partial charge in [0, 0.05) is 32.3 Å². The Kier molecular flexibility index (Phi) is 9.44. The van der Waals surface area contributed by atoms with E-state index in [0.29, 0.717) is 29.7 Å². The van der Waals surface area contributed by atoms with Gasteiger partial charge >= 0.3 is 0 Å². The molecule has 1 aromatic carbocycles. The Balaban J connectivity index is 0.00000338. The first kappa shape index (κ1) is 22.3. The molecule has 0 radical (unpaired) electrons. The molecular formula is C19H30ClN3O3. The van der Waals surface area contributed by atoms with Crippen LogP contribution in [0.3, 0.4) is 0 Å². The third-order valence-corrected chi connectivity index (χ3v) is 4.63. The number of ether oxygens (including phenoxy) is 1. The Morgan fingerprint density at radius 2 is 2.15 bits per heavy atom. The summed E-state index contributed by atoms with van der Waals surface area (Å²) in [7, 11) is 3.37. The number of nitrogens with one attached hydrogen (secondary N) is 2. The van der Waals surface area contributed by atoms with Crippen LogP contribution in [-0.4, -0.2) is 50.5 Å². The Morgan fingerprint density at radius 1 is 1.38 bits per heavy atom. The lowest BCUT2D eigenvalue weighted by Crippen LogP contribution is -2.34. The zero-order valence-corrected chi connectivity index (χ0v) is 16.6. The van der Waals surface area contributed by atoms with E-state index in [1.165, 1.54) is 17.7 Å². The van der Waals surface area contributed by atoms with Crippen LogP contribution >= 0.6 is 12.4 Å². The highest BCUT2D eigenvalue weighted by Gasteiger charge is 2.22. The summed E-state index contributed by atoms with van der Waals surface area (Å²) >= 11 is 0. The van der Waals surface area contributed by atoms with Gasteiger partial charge in [-0.05, 0) is 49.9 Å². The molecule has 6 nitrogen and oxygen atoms in total. The van der Waals surface area contributed by atoms with Gasteiger partial charge in [-0.3, -0.25) is 9.59 Å². The maximum Gasteiger partial charge on any atom is 0.259 e. The average molecular weight is 384 g/mol. The molecule has 2 atom stereocenters. The number of piperidine rings is 1. The minimum Gasteiger partial charge on any atom is -0.484 e. The summed E-state index contributed by atoms with van der Waals surface area (Å²) in [5.74, 6) is 1.39. The van der Waals surface area contributed by atoms with Gasteiger partial charge in [0.2, 0.25) is 5.91 Å². The van der Waals surface area contributed by atoms with Gasteiger partial charge in [0.1, 0.15) is 5.75 Å². The highest BCUT2D eigenvalue weighted by atomic mass is 35.5. The standard InChI is InChI=1S/C19H29N3O3.ClH/c1-14(15-6-5-9-20-12-15)10-18(23)21-16-7-4-8-17(11-16)25-13-19(24)22(2)3;/h4,7-8,11,14-15,20H,5-6,9-10,12-13H2,1-3H3,(H,21,23);1H. The number of benzene rings is 1. The number of anilines is 1. The summed E-state index contributed by atoms with van der Waals surface area (Å²) in [6, 6.07) is 7.15. The van der Waals surface area contributed by atoms with Crippen molar-refractivity contribution in [3.8, 4) is 5.75 Å². The minimum atomic E-state index is -0.107. The van der Waals surface area contributed by atoms with Crippen LogP contribution in [0, 0.1) is 11.8 Å². The van der Waals surface area contributed by atoms with E-state index in [0.717, 1.165) is 13.1 Å². The van der Waals surface area contributed by atoms with Crippen molar-refractivity contribution in [2.75, 3.05) is 39.1 Å². The molecule has 0 saturated carbocycles. The summed E-state index contributed by atoms with van der Waals surface area (Å²) in [5, 5.41) is 6.33. The molecule has 1 saturated heterocycles. The third-order valence-electron chi connectivity index (χ3n) is 4.63. The molecule has 1 fully saturated rings. The van der Waals surface area contributed by atoms with Crippen LogP contribution in [0.15, 0.2) is 24.3 Å². The molecule has 1 aliphatic heterocycles. The average Bonchev–Trinajstić information content (AvgIpc) is 2.60. The number of amides is 2. The summed E-state index contributed by atoms with van der Waals surface area (Å²) in [6.07, 6.45) is 2.88. The smallest absolute Gasteiger partial charge is 0.259 e. The highest BCUT2D eigenvalue weighted by Crippen LogP contribution is 2.23. The first-order valence-corrected chi connectivity index (χ1v) is 8.89. The molecule has 26 heavy (non-hydrogen) atoms. The predicted octanol–water partition coefficient (Wildman–Crippen LogP) is 2.54. The van der Waals surface area contributed by atoms with E-state index in [9.17, 15) is 9.59 Å². The van der Waals surface area contributed by atoms with Crippen LogP contribution in [0.1, 0.15) is 26.2 Å². The van der Waals surface area contributed by atoms with E-state index in [1.54, 1.807) is 32.3 Å². The lowest BCUT2D eigenvalue weighted by Gasteiger charge is -2.28. The summed E-state index contributed by atoms with van der Waals surface area (Å²) in [4.78, 5) is 25.4. The van der Waals surface area contributed by atoms with Crippen LogP contribution in [0.4, 0.5) is 5.69 Å². The van der Waals surface area contributed by atoms with Gasteiger partial charge in [-0.2, -0.15) is 0 Å². The molecule has 7 heteroatoms. The lowest BCUT2D eigenvalue weighted by atomic mass is 9.85. The summed E-state index contributed by atoms with van der Waals surface area (Å²) in [5.41, 5.74) is 0.689. The molecule has 0 aromatic heterocycles. The fourth-order valence-corrected chi connectivity index (χ4v) is 2.97. The Bertz CT molecular complexity index is 589. The van der Waals surface area contributed by atoms with Crippen molar-refractivity contribution in [3.63, 3.8) is 0 Å². The second-order valence-corrected chi connectivity index (χ2v) is 6.94. The number of nitrogens with zero attached hydrogens (tertiary/aromatic N) is 1. The van der Waals surface area contributed by atoms with Crippen molar-refractivity contribution in [1.82, 2.24) is 10.2 Å². The van der Waals surface area contributed by atoms with Crippen molar-refractivity contribution in [2.45, 2.75) is 26.2 Å². The van der Waals surface area contributed by atoms with Crippen molar-refractivity contribution < 1.29 is 14.3 Å². The van der Waals surface area contributed by atoms with Gasteiger partial charge < -0.3 is 20.3 Å². The van der Waals surface area contributed by atoms with E-state index in [2.05, 4.69) is 17.6 Å². The van der Waals surface area contributed by atoms with Crippen molar-refractivity contribution in [2.24, 2.45) is 11.8 Å². The quantitative estimate of drug-likeness (QED) is 0.759. The van der Waals surface area contributed by atoms with E-state index < -0.39 is 0 Å². The predicted molar refractivity (Wildman–Crippen MR) is 106 cm³/mol. The number of likely N-dealkylation sites (N-methyl/N-ethyl adjacent to an activating group) is 1. The molecule has 0 spiro atoms. The van der Waals surface area contributed by atoms with Gasteiger partial charge in [0.05, 0.1) is 0 Å². The van der Waals surface area contributed by atoms with Crippen LogP contribution in [-0.2, 0) is 9.59 Å². The van der Waals surface area contributed by atoms with Gasteiger partial charge in [-0.15, -0.1) is 12.4 Å². The minimum absolute atomic E-state index is 0. The molecule has 2 rings (SSSR count). The number of carbonyl (C=O) groups excluding carboxylic acids is 2. The molecule has 2 unspecified atom stereocenters. The summed E-state index contributed by atoms with van der Waals surface area (Å²) < 4.78 is 5.48. The molecule has 1 aromatic rings. The highest BCUT2D eigenvalue weighted by molar-refractivity contribution is 5.91. The SMILES string of the molecule is CC(CC(=O)Nc1cccc(OCC(=O)N(C)C)c1)C1CCCNC1.Cl. The van der Waals surface area contributed by atoms with E-state index in [-0.39, 0.29) is 30.8 Å². The molecule has 0 aliphatic carbocycles. The zero-order valence-electron chi connectivity index (χ0n) is 15.8. The zero-order chi connectivity index (χ0) is 18.2. The first-order valence-electron chi connectivity index (χ1n) is 8.89. The Labute approximate surface area is 162 Å². The van der Waals surface area contributed by atoms with E-state index in [4.69, 9.17) is 4.74 Å². The molecule has 2 N–H and O–H groups in total. The molecule has 146 valence electrons. The number of hydrogen-bond acceptors (Lipinski definition) is 4. The fourth-order valence-electron chi connectivity index (χ4n) is 2.97. The Morgan fingerprint density at radius 3 is 2.81 bits per heavy atom. The number of carbonyl (C=O) groups is 2. The normalized spacial score (nSPS) is 17.6. The number of rotatable bonds is 7. The van der Waals surface area contributed by atoms with Crippen molar-refractivity contribution in [1.29, 1.82) is 0 Å². The topological polar surface area (TPSA) is 70.7 Å². The maximum atomic E-state index is 12.3. The van der Waals surface area contributed by atoms with Crippen molar-refractivity contribution in [3.05, 3.63) is 24.3 Å². The largest absolute Gasteiger partial charge is 0.484 e. The van der Waals surface area contributed by atoms with Gasteiger partial charge in [-0.1, -0.05) is 13.0 Å². The van der Waals surface area contributed by atoms with Crippen LogP contribution in [0.2, 0.25) is 0 Å². The second-order valence-electron chi connectivity index (χ2n) is 6.94. The molecular weight excluding hydrogens is 354 g/mol. The van der Waals surface area contributed by atoms with Gasteiger partial charge in [0.15, 0.2) is 6.61 Å². The lowest BCUT2D eigenvalue weighted by molar-refractivity contribution is -0.130. The van der Waals surface area contributed by atoms with E-state index in [1.807, 2.05) is 6.07 Å². The van der Waals surface area contributed by atoms with Gasteiger partial charge in [-0.25, -0.2) is 0 Å². The first-order chi connectivity index (χ1) is 12.0. The van der Waals surface area contributed by atoms with Crippen LogP contribution in [0.5, 0.6) is 5.75 Å². The number of hydrogen-bond donors (Lipinski definition) is 2. The molecule has 1 aliphatic rings. The molecule has 0 bridgehead atoms. The second kappa shape index (κ2) is 11.0.